The molecule has 0 radical (unpaired) electrons. The van der Waals surface area contributed by atoms with Crippen molar-refractivity contribution in [2.75, 3.05) is 0 Å². The van der Waals surface area contributed by atoms with Gasteiger partial charge < -0.3 is 4.57 Å². The zero-order chi connectivity index (χ0) is 22.3. The number of para-hydroxylation sites is 1. The number of nitrogens with zero attached hydrogens (tertiary/aromatic N) is 1. The summed E-state index contributed by atoms with van der Waals surface area (Å²) in [6.45, 7) is 4.78. The quantitative estimate of drug-likeness (QED) is 0.295. The monoisotopic (exact) mass is 439 g/mol. The number of sulfone groups is 1. The Kier molecular flexibility index (Phi) is 5.10. The first-order chi connectivity index (χ1) is 15.5. The Morgan fingerprint density at radius 1 is 0.750 bits per heavy atom. The minimum atomic E-state index is -3.60. The largest absolute Gasteiger partial charge is 0.341 e. The first-order valence-corrected chi connectivity index (χ1v) is 12.5. The van der Waals surface area contributed by atoms with Crippen molar-refractivity contribution in [3.8, 4) is 11.1 Å². The Hall–Kier alpha value is -3.37. The molecule has 0 amide bonds. The van der Waals surface area contributed by atoms with Gasteiger partial charge in [-0.3, -0.25) is 0 Å². The number of aryl methyl sites for hydroxylation is 1. The lowest BCUT2D eigenvalue weighted by atomic mass is 10.1. The number of fused-ring (bicyclic) bond motifs is 3. The maximum Gasteiger partial charge on any atom is 0.185 e. The molecule has 5 aromatic rings. The maximum absolute atomic E-state index is 13.8. The highest BCUT2D eigenvalue weighted by atomic mass is 32.2. The van der Waals surface area contributed by atoms with Crippen LogP contribution in [0.3, 0.4) is 0 Å². The Morgan fingerprint density at radius 2 is 1.41 bits per heavy atom. The van der Waals surface area contributed by atoms with E-state index in [2.05, 4.69) is 35.8 Å². The van der Waals surface area contributed by atoms with E-state index in [9.17, 15) is 8.42 Å². The molecule has 0 saturated heterocycles. The molecule has 1 heterocycles. The van der Waals surface area contributed by atoms with Crippen LogP contribution in [-0.4, -0.2) is 13.0 Å². The van der Waals surface area contributed by atoms with Crippen LogP contribution in [0.15, 0.2) is 102 Å². The summed E-state index contributed by atoms with van der Waals surface area (Å²) in [5.41, 5.74) is 4.75. The lowest BCUT2D eigenvalue weighted by molar-refractivity contribution is 0.586. The fourth-order valence-corrected chi connectivity index (χ4v) is 6.25. The molecule has 3 nitrogen and oxygen atoms in total. The van der Waals surface area contributed by atoms with Crippen molar-refractivity contribution < 1.29 is 8.42 Å². The van der Waals surface area contributed by atoms with Gasteiger partial charge >= 0.3 is 0 Å². The average Bonchev–Trinajstić information content (AvgIpc) is 3.17. The van der Waals surface area contributed by atoms with Gasteiger partial charge in [0.1, 0.15) is 0 Å². The average molecular weight is 440 g/mol. The van der Waals surface area contributed by atoms with Gasteiger partial charge in [-0.1, -0.05) is 72.8 Å². The van der Waals surface area contributed by atoms with Gasteiger partial charge in [0, 0.05) is 33.9 Å². The summed E-state index contributed by atoms with van der Waals surface area (Å²) in [7, 11) is -3.60. The highest BCUT2D eigenvalue weighted by Crippen LogP contribution is 2.37. The van der Waals surface area contributed by atoms with Gasteiger partial charge in [-0.25, -0.2) is 8.42 Å². The highest BCUT2D eigenvalue weighted by molar-refractivity contribution is 7.91. The van der Waals surface area contributed by atoms with E-state index in [0.717, 1.165) is 39.5 Å². The summed E-state index contributed by atoms with van der Waals surface area (Å²) in [4.78, 5) is 0.370. The lowest BCUT2D eigenvalue weighted by Crippen LogP contribution is -2.12. The van der Waals surface area contributed by atoms with Crippen molar-refractivity contribution in [3.05, 3.63) is 103 Å². The van der Waals surface area contributed by atoms with Crippen molar-refractivity contribution in [1.29, 1.82) is 0 Å². The number of aromatic nitrogens is 1. The van der Waals surface area contributed by atoms with Gasteiger partial charge in [-0.15, -0.1) is 0 Å². The minimum absolute atomic E-state index is 0.370. The normalized spacial score (nSPS) is 12.9. The molecule has 1 unspecified atom stereocenters. The van der Waals surface area contributed by atoms with E-state index in [1.54, 1.807) is 19.1 Å². The van der Waals surface area contributed by atoms with Gasteiger partial charge in [-0.05, 0) is 49.2 Å². The van der Waals surface area contributed by atoms with Crippen LogP contribution in [0.1, 0.15) is 24.7 Å². The molecule has 0 spiro atoms. The van der Waals surface area contributed by atoms with E-state index < -0.39 is 15.1 Å². The Labute approximate surface area is 188 Å². The van der Waals surface area contributed by atoms with Crippen LogP contribution in [0.5, 0.6) is 0 Å². The second kappa shape index (κ2) is 7.95. The van der Waals surface area contributed by atoms with Crippen LogP contribution in [0.4, 0.5) is 0 Å². The fraction of sp³-hybridized carbons (Fsp3) is 0.143. The predicted octanol–water partition coefficient (Wildman–Crippen LogP) is 7.02. The van der Waals surface area contributed by atoms with E-state index in [0.29, 0.717) is 4.90 Å². The Balaban J connectivity index is 1.65. The Bertz CT molecular complexity index is 1530. The lowest BCUT2D eigenvalue weighted by Gasteiger charge is -2.17. The molecule has 4 heteroatoms. The first-order valence-electron chi connectivity index (χ1n) is 10.9. The summed E-state index contributed by atoms with van der Waals surface area (Å²) in [5.74, 6) is 0. The molecule has 4 aromatic carbocycles. The second-order valence-electron chi connectivity index (χ2n) is 8.09. The summed E-state index contributed by atoms with van der Waals surface area (Å²) in [6.07, 6.45) is 0. The molecular weight excluding hydrogens is 414 g/mol. The molecule has 0 aliphatic rings. The van der Waals surface area contributed by atoms with E-state index >= 15 is 0 Å². The van der Waals surface area contributed by atoms with Crippen LogP contribution in [0.25, 0.3) is 32.9 Å². The molecule has 0 aliphatic carbocycles. The van der Waals surface area contributed by atoms with Crippen molar-refractivity contribution in [1.82, 2.24) is 4.57 Å². The summed E-state index contributed by atoms with van der Waals surface area (Å²) in [5, 5.41) is 1.58. The Morgan fingerprint density at radius 3 is 2.19 bits per heavy atom. The van der Waals surface area contributed by atoms with Crippen LogP contribution >= 0.6 is 0 Å². The third kappa shape index (κ3) is 3.23. The molecule has 1 aromatic heterocycles. The number of hydrogen-bond acceptors (Lipinski definition) is 2. The number of rotatable bonds is 5. The van der Waals surface area contributed by atoms with Crippen molar-refractivity contribution in [2.24, 2.45) is 0 Å². The third-order valence-electron chi connectivity index (χ3n) is 6.33. The maximum atomic E-state index is 13.8. The van der Waals surface area contributed by atoms with E-state index in [1.165, 1.54) is 5.52 Å². The smallest absolute Gasteiger partial charge is 0.185 e. The highest BCUT2D eigenvalue weighted by Gasteiger charge is 2.28. The summed E-state index contributed by atoms with van der Waals surface area (Å²) < 4.78 is 29.8. The van der Waals surface area contributed by atoms with Crippen molar-refractivity contribution >= 4 is 31.6 Å². The van der Waals surface area contributed by atoms with E-state index in [4.69, 9.17) is 0 Å². The fourth-order valence-electron chi connectivity index (χ4n) is 4.61. The SMILES string of the molecule is CCn1c2ccccc2c2cc(C(C)S(=O)(=O)c3ccccc3-c3ccccc3)ccc21. The van der Waals surface area contributed by atoms with E-state index in [-0.39, 0.29) is 0 Å². The molecular formula is C28H25NO2S. The van der Waals surface area contributed by atoms with E-state index in [1.807, 2.05) is 60.7 Å². The molecule has 0 bridgehead atoms. The molecule has 5 rings (SSSR count). The van der Waals surface area contributed by atoms with Crippen molar-refractivity contribution in [3.63, 3.8) is 0 Å². The van der Waals surface area contributed by atoms with Gasteiger partial charge in [0.15, 0.2) is 9.84 Å². The van der Waals surface area contributed by atoms with Gasteiger partial charge in [0.2, 0.25) is 0 Å². The van der Waals surface area contributed by atoms with Gasteiger partial charge in [-0.2, -0.15) is 0 Å². The summed E-state index contributed by atoms with van der Waals surface area (Å²) >= 11 is 0. The number of benzene rings is 4. The molecule has 32 heavy (non-hydrogen) atoms. The van der Waals surface area contributed by atoms with Crippen LogP contribution in [0, 0.1) is 0 Å². The second-order valence-corrected chi connectivity index (χ2v) is 10.3. The molecule has 0 N–H and O–H groups in total. The molecule has 0 saturated carbocycles. The first kappa shape index (κ1) is 20.5. The zero-order valence-corrected chi connectivity index (χ0v) is 19.0. The van der Waals surface area contributed by atoms with Crippen LogP contribution in [0.2, 0.25) is 0 Å². The molecule has 0 aliphatic heterocycles. The van der Waals surface area contributed by atoms with Gasteiger partial charge in [0.25, 0.3) is 0 Å². The predicted molar refractivity (Wildman–Crippen MR) is 133 cm³/mol. The summed E-state index contributed by atoms with van der Waals surface area (Å²) in [6, 6.07) is 31.4. The standard InChI is InChI=1S/C28H25NO2S/c1-3-29-26-15-9-7-14-24(26)25-19-22(17-18-27(25)29)20(2)32(30,31)28-16-10-8-13-23(28)21-11-5-4-6-12-21/h4-20H,3H2,1-2H3. The van der Waals surface area contributed by atoms with Crippen LogP contribution < -0.4 is 0 Å². The minimum Gasteiger partial charge on any atom is -0.341 e. The molecule has 160 valence electrons. The number of hydrogen-bond donors (Lipinski definition) is 0. The topological polar surface area (TPSA) is 39.1 Å². The van der Waals surface area contributed by atoms with Gasteiger partial charge in [0.05, 0.1) is 10.1 Å². The molecule has 1 atom stereocenters. The zero-order valence-electron chi connectivity index (χ0n) is 18.2. The third-order valence-corrected chi connectivity index (χ3v) is 8.50. The van der Waals surface area contributed by atoms with Crippen LogP contribution in [-0.2, 0) is 16.4 Å². The molecule has 0 fully saturated rings. The van der Waals surface area contributed by atoms with Crippen molar-refractivity contribution in [2.45, 2.75) is 30.5 Å².